The van der Waals surface area contributed by atoms with Gasteiger partial charge >= 0.3 is 0 Å². The average Bonchev–Trinajstić information content (AvgIpc) is 3.11. The van der Waals surface area contributed by atoms with Crippen LogP contribution in [0.1, 0.15) is 6.42 Å². The third-order valence-electron chi connectivity index (χ3n) is 4.10. The fourth-order valence-corrected chi connectivity index (χ4v) is 2.87. The number of hydrogen-bond donors (Lipinski definition) is 2. The van der Waals surface area contributed by atoms with Crippen LogP contribution in [0.5, 0.6) is 5.88 Å². The number of guanidine groups is 1. The van der Waals surface area contributed by atoms with Crippen molar-refractivity contribution in [3.05, 3.63) is 54.5 Å². The predicted octanol–water partition coefficient (Wildman–Crippen LogP) is 2.51. The fourth-order valence-electron chi connectivity index (χ4n) is 2.87. The molecule has 1 aromatic carbocycles. The van der Waals surface area contributed by atoms with Crippen molar-refractivity contribution in [1.29, 1.82) is 0 Å². The summed E-state index contributed by atoms with van der Waals surface area (Å²) in [6.45, 7) is 1.45. The molecule has 0 radical (unpaired) electrons. The van der Waals surface area contributed by atoms with Gasteiger partial charge in [-0.15, -0.1) is 24.0 Å². The highest BCUT2D eigenvalue weighted by atomic mass is 127. The van der Waals surface area contributed by atoms with E-state index in [-0.39, 0.29) is 42.5 Å². The second-order valence-corrected chi connectivity index (χ2v) is 6.10. The maximum Gasteiger partial charge on any atom is 0.243 e. The Balaban J connectivity index is 0.00000280. The zero-order valence-electron chi connectivity index (χ0n) is 15.5. The fraction of sp³-hybridized carbons (Fsp3) is 0.316. The van der Waals surface area contributed by atoms with Crippen molar-refractivity contribution in [3.8, 4) is 5.88 Å². The third-order valence-corrected chi connectivity index (χ3v) is 4.10. The first-order valence-electron chi connectivity index (χ1n) is 8.73. The van der Waals surface area contributed by atoms with E-state index in [1.54, 1.807) is 25.4 Å². The van der Waals surface area contributed by atoms with Gasteiger partial charge in [-0.25, -0.2) is 9.37 Å². The molecule has 1 aliphatic heterocycles. The van der Waals surface area contributed by atoms with Gasteiger partial charge in [-0.05, 0) is 24.3 Å². The van der Waals surface area contributed by atoms with E-state index in [4.69, 9.17) is 4.74 Å². The largest absolute Gasteiger partial charge is 0.472 e. The van der Waals surface area contributed by atoms with Gasteiger partial charge in [0, 0.05) is 38.0 Å². The van der Waals surface area contributed by atoms with Crippen molar-refractivity contribution >= 4 is 41.5 Å². The van der Waals surface area contributed by atoms with E-state index in [2.05, 4.69) is 20.6 Å². The first-order chi connectivity index (χ1) is 13.1. The first-order valence-corrected chi connectivity index (χ1v) is 8.73. The standard InChI is InChI=1S/C19H22FN5O2.HI/c1-21-19(23-12-17(26)24-15-6-4-5-14(20)11-15)25-10-8-16(13-25)27-18-7-2-3-9-22-18;/h2-7,9,11,16H,8,10,12-13H2,1H3,(H,21,23)(H,24,26);1H. The maximum absolute atomic E-state index is 13.2. The number of aromatic nitrogens is 1. The van der Waals surface area contributed by atoms with Gasteiger partial charge in [-0.3, -0.25) is 9.79 Å². The maximum atomic E-state index is 13.2. The highest BCUT2D eigenvalue weighted by Crippen LogP contribution is 2.16. The van der Waals surface area contributed by atoms with E-state index in [0.717, 1.165) is 13.0 Å². The molecule has 2 heterocycles. The number of benzene rings is 1. The number of ether oxygens (including phenoxy) is 1. The third kappa shape index (κ3) is 6.32. The average molecular weight is 499 g/mol. The molecule has 0 saturated carbocycles. The zero-order chi connectivity index (χ0) is 19.1. The Labute approximate surface area is 180 Å². The number of carbonyl (C=O) groups excluding carboxylic acids is 1. The number of aliphatic imine (C=N–C) groups is 1. The highest BCUT2D eigenvalue weighted by Gasteiger charge is 2.26. The number of rotatable bonds is 5. The molecule has 0 spiro atoms. The number of hydrogen-bond acceptors (Lipinski definition) is 4. The van der Waals surface area contributed by atoms with Gasteiger partial charge in [0.25, 0.3) is 0 Å². The topological polar surface area (TPSA) is 78.9 Å². The molecule has 1 atom stereocenters. The smallest absolute Gasteiger partial charge is 0.243 e. The molecular formula is C19H23FIN5O2. The molecule has 150 valence electrons. The van der Waals surface area contributed by atoms with Gasteiger partial charge in [0.2, 0.25) is 11.8 Å². The molecule has 0 bridgehead atoms. The summed E-state index contributed by atoms with van der Waals surface area (Å²) in [7, 11) is 1.67. The summed E-state index contributed by atoms with van der Waals surface area (Å²) in [5, 5.41) is 5.68. The Morgan fingerprint density at radius 3 is 2.93 bits per heavy atom. The number of nitrogens with one attached hydrogen (secondary N) is 2. The molecule has 1 aliphatic rings. The molecular weight excluding hydrogens is 476 g/mol. The van der Waals surface area contributed by atoms with E-state index < -0.39 is 5.82 Å². The SMILES string of the molecule is CN=C(NCC(=O)Nc1cccc(F)c1)N1CCC(Oc2ccccn2)C1.I. The van der Waals surface area contributed by atoms with Crippen LogP contribution >= 0.6 is 24.0 Å². The van der Waals surface area contributed by atoms with Crippen molar-refractivity contribution < 1.29 is 13.9 Å². The Hall–Kier alpha value is -2.43. The molecule has 28 heavy (non-hydrogen) atoms. The molecule has 1 amide bonds. The van der Waals surface area contributed by atoms with Crippen LogP contribution in [0.3, 0.4) is 0 Å². The Kier molecular flexibility index (Phi) is 8.42. The second kappa shape index (κ2) is 10.8. The molecule has 3 rings (SSSR count). The minimum Gasteiger partial charge on any atom is -0.472 e. The summed E-state index contributed by atoms with van der Waals surface area (Å²) in [5.41, 5.74) is 0.418. The van der Waals surface area contributed by atoms with E-state index in [9.17, 15) is 9.18 Å². The quantitative estimate of drug-likeness (QED) is 0.376. The summed E-state index contributed by atoms with van der Waals surface area (Å²) < 4.78 is 19.0. The van der Waals surface area contributed by atoms with Gasteiger partial charge in [0.05, 0.1) is 13.1 Å². The van der Waals surface area contributed by atoms with Crippen LogP contribution in [0.2, 0.25) is 0 Å². The number of pyridine rings is 1. The van der Waals surface area contributed by atoms with Crippen LogP contribution < -0.4 is 15.4 Å². The zero-order valence-corrected chi connectivity index (χ0v) is 17.8. The lowest BCUT2D eigenvalue weighted by Gasteiger charge is -2.21. The molecule has 1 saturated heterocycles. The van der Waals surface area contributed by atoms with Crippen LogP contribution in [0, 0.1) is 5.82 Å². The predicted molar refractivity (Wildman–Crippen MR) is 117 cm³/mol. The van der Waals surface area contributed by atoms with Crippen LogP contribution in [0.15, 0.2) is 53.7 Å². The number of halogens is 2. The van der Waals surface area contributed by atoms with Crippen LogP contribution in [0.4, 0.5) is 10.1 Å². The lowest BCUT2D eigenvalue weighted by Crippen LogP contribution is -2.43. The number of anilines is 1. The molecule has 0 aliphatic carbocycles. The van der Waals surface area contributed by atoms with Crippen LogP contribution in [0.25, 0.3) is 0 Å². The first kappa shape index (κ1) is 21.9. The van der Waals surface area contributed by atoms with Crippen molar-refractivity contribution in [1.82, 2.24) is 15.2 Å². The van der Waals surface area contributed by atoms with E-state index in [1.807, 2.05) is 23.1 Å². The number of likely N-dealkylation sites (tertiary alicyclic amines) is 1. The Bertz CT molecular complexity index is 806. The minimum atomic E-state index is -0.396. The number of amides is 1. The number of nitrogens with zero attached hydrogens (tertiary/aromatic N) is 3. The van der Waals surface area contributed by atoms with Gasteiger partial charge < -0.3 is 20.3 Å². The van der Waals surface area contributed by atoms with E-state index in [1.165, 1.54) is 12.1 Å². The van der Waals surface area contributed by atoms with Gasteiger partial charge in [-0.2, -0.15) is 0 Å². The number of carbonyl (C=O) groups is 1. The van der Waals surface area contributed by atoms with Gasteiger partial charge in [-0.1, -0.05) is 12.1 Å². The summed E-state index contributed by atoms with van der Waals surface area (Å²) in [6.07, 6.45) is 2.55. The Morgan fingerprint density at radius 1 is 1.36 bits per heavy atom. The van der Waals surface area contributed by atoms with Crippen molar-refractivity contribution in [2.24, 2.45) is 4.99 Å². The highest BCUT2D eigenvalue weighted by molar-refractivity contribution is 14.0. The van der Waals surface area contributed by atoms with Crippen LogP contribution in [-0.4, -0.2) is 54.5 Å². The molecule has 2 N–H and O–H groups in total. The molecule has 1 aromatic heterocycles. The molecule has 7 nitrogen and oxygen atoms in total. The molecule has 1 fully saturated rings. The minimum absolute atomic E-state index is 0. The second-order valence-electron chi connectivity index (χ2n) is 6.10. The van der Waals surface area contributed by atoms with Gasteiger partial charge in [0.1, 0.15) is 11.9 Å². The lowest BCUT2D eigenvalue weighted by atomic mass is 10.3. The lowest BCUT2D eigenvalue weighted by molar-refractivity contribution is -0.115. The van der Waals surface area contributed by atoms with Crippen molar-refractivity contribution in [2.75, 3.05) is 32.0 Å². The van der Waals surface area contributed by atoms with E-state index in [0.29, 0.717) is 24.1 Å². The molecule has 2 aromatic rings. The monoisotopic (exact) mass is 499 g/mol. The summed E-state index contributed by atoms with van der Waals surface area (Å²) >= 11 is 0. The summed E-state index contributed by atoms with van der Waals surface area (Å²) in [6, 6.07) is 11.3. The molecule has 1 unspecified atom stereocenters. The van der Waals surface area contributed by atoms with Crippen molar-refractivity contribution in [2.45, 2.75) is 12.5 Å². The van der Waals surface area contributed by atoms with Gasteiger partial charge in [0.15, 0.2) is 5.96 Å². The summed E-state index contributed by atoms with van der Waals surface area (Å²) in [4.78, 5) is 22.5. The normalized spacial score (nSPS) is 16.3. The molecule has 9 heteroatoms. The summed E-state index contributed by atoms with van der Waals surface area (Å²) in [5.74, 6) is 0.549. The van der Waals surface area contributed by atoms with Crippen molar-refractivity contribution in [3.63, 3.8) is 0 Å². The van der Waals surface area contributed by atoms with E-state index >= 15 is 0 Å². The van der Waals surface area contributed by atoms with Crippen LogP contribution in [-0.2, 0) is 4.79 Å². The Morgan fingerprint density at radius 2 is 2.21 bits per heavy atom.